The van der Waals surface area contributed by atoms with Gasteiger partial charge in [0, 0.05) is 25.2 Å². The molecule has 1 atom stereocenters. The molecule has 0 unspecified atom stereocenters. The third kappa shape index (κ3) is 4.77. The van der Waals surface area contributed by atoms with Crippen molar-refractivity contribution in [1.29, 1.82) is 0 Å². The first-order valence-corrected chi connectivity index (χ1v) is 9.43. The molecule has 148 valence electrons. The standard InChI is InChI=1S/C20H27FN2O4/c1-20(2,3)27-19(25)17-13-23(10-11-26-17)18(24)14-6-7-16(15(21)12-14)22-8-4-5-9-22/h6-7,12,17H,4-5,8-11,13H2,1-3H3/t17-/m0/s1. The number of morpholine rings is 1. The molecule has 1 aromatic carbocycles. The molecule has 2 saturated heterocycles. The molecule has 0 radical (unpaired) electrons. The van der Waals surface area contributed by atoms with Gasteiger partial charge in [-0.25, -0.2) is 9.18 Å². The van der Waals surface area contributed by atoms with Gasteiger partial charge in [0.25, 0.3) is 5.91 Å². The van der Waals surface area contributed by atoms with Crippen molar-refractivity contribution in [3.8, 4) is 0 Å². The molecule has 27 heavy (non-hydrogen) atoms. The van der Waals surface area contributed by atoms with Crippen LogP contribution in [0.25, 0.3) is 0 Å². The summed E-state index contributed by atoms with van der Waals surface area (Å²) < 4.78 is 25.3. The number of nitrogens with zero attached hydrogens (tertiary/aromatic N) is 2. The Kier molecular flexibility index (Phi) is 5.69. The quantitative estimate of drug-likeness (QED) is 0.757. The average molecular weight is 378 g/mol. The highest BCUT2D eigenvalue weighted by Crippen LogP contribution is 2.25. The first-order chi connectivity index (χ1) is 12.7. The SMILES string of the molecule is CC(C)(C)OC(=O)[C@@H]1CN(C(=O)c2ccc(N3CCCC3)c(F)c2)CCO1. The van der Waals surface area contributed by atoms with Gasteiger partial charge < -0.3 is 19.3 Å². The minimum absolute atomic E-state index is 0.100. The minimum atomic E-state index is -0.823. The van der Waals surface area contributed by atoms with E-state index in [1.165, 1.54) is 11.0 Å². The number of anilines is 1. The molecule has 0 aliphatic carbocycles. The first kappa shape index (κ1) is 19.6. The van der Waals surface area contributed by atoms with Crippen LogP contribution in [0.1, 0.15) is 44.0 Å². The number of ether oxygens (including phenoxy) is 2. The summed E-state index contributed by atoms with van der Waals surface area (Å²) in [4.78, 5) is 28.5. The second-order valence-corrected chi connectivity index (χ2v) is 8.00. The van der Waals surface area contributed by atoms with Crippen LogP contribution in [0.15, 0.2) is 18.2 Å². The van der Waals surface area contributed by atoms with Crippen LogP contribution in [0.4, 0.5) is 10.1 Å². The predicted molar refractivity (Wildman–Crippen MR) is 99.3 cm³/mol. The Balaban J connectivity index is 1.68. The Bertz CT molecular complexity index is 710. The Labute approximate surface area is 159 Å². The van der Waals surface area contributed by atoms with Crippen molar-refractivity contribution in [1.82, 2.24) is 4.90 Å². The minimum Gasteiger partial charge on any atom is -0.458 e. The molecule has 2 aliphatic rings. The van der Waals surface area contributed by atoms with Crippen LogP contribution in [0.3, 0.4) is 0 Å². The van der Waals surface area contributed by atoms with Gasteiger partial charge >= 0.3 is 5.97 Å². The highest BCUT2D eigenvalue weighted by molar-refractivity contribution is 5.95. The van der Waals surface area contributed by atoms with Crippen molar-refractivity contribution in [3.05, 3.63) is 29.6 Å². The number of rotatable bonds is 3. The third-order valence-corrected chi connectivity index (χ3v) is 4.66. The van der Waals surface area contributed by atoms with E-state index in [2.05, 4.69) is 0 Å². The lowest BCUT2D eigenvalue weighted by Gasteiger charge is -2.33. The number of halogens is 1. The fourth-order valence-electron chi connectivity index (χ4n) is 3.38. The van der Waals surface area contributed by atoms with Gasteiger partial charge in [-0.1, -0.05) is 0 Å². The zero-order valence-corrected chi connectivity index (χ0v) is 16.2. The summed E-state index contributed by atoms with van der Waals surface area (Å²) >= 11 is 0. The number of benzene rings is 1. The van der Waals surface area contributed by atoms with Crippen LogP contribution in [0.5, 0.6) is 0 Å². The van der Waals surface area contributed by atoms with E-state index in [1.54, 1.807) is 32.9 Å². The van der Waals surface area contributed by atoms with Crippen molar-refractivity contribution in [2.75, 3.05) is 37.7 Å². The first-order valence-electron chi connectivity index (χ1n) is 9.43. The van der Waals surface area contributed by atoms with Gasteiger partial charge in [-0.15, -0.1) is 0 Å². The molecule has 1 aromatic rings. The molecule has 7 heteroatoms. The smallest absolute Gasteiger partial charge is 0.337 e. The maximum Gasteiger partial charge on any atom is 0.337 e. The lowest BCUT2D eigenvalue weighted by molar-refractivity contribution is -0.172. The molecule has 2 heterocycles. The highest BCUT2D eigenvalue weighted by Gasteiger charge is 2.33. The zero-order valence-electron chi connectivity index (χ0n) is 16.2. The van der Waals surface area contributed by atoms with E-state index in [4.69, 9.17) is 9.47 Å². The molecular weight excluding hydrogens is 351 g/mol. The summed E-state index contributed by atoms with van der Waals surface area (Å²) in [5.74, 6) is -1.19. The topological polar surface area (TPSA) is 59.1 Å². The second-order valence-electron chi connectivity index (χ2n) is 8.00. The summed E-state index contributed by atoms with van der Waals surface area (Å²) in [5, 5.41) is 0. The second kappa shape index (κ2) is 7.84. The number of amides is 1. The fraction of sp³-hybridized carbons (Fsp3) is 0.600. The number of carbonyl (C=O) groups is 2. The summed E-state index contributed by atoms with van der Waals surface area (Å²) in [6.45, 7) is 7.71. The van der Waals surface area contributed by atoms with E-state index in [-0.39, 0.29) is 30.4 Å². The third-order valence-electron chi connectivity index (χ3n) is 4.66. The summed E-state index contributed by atoms with van der Waals surface area (Å²) in [7, 11) is 0. The van der Waals surface area contributed by atoms with E-state index in [9.17, 15) is 14.0 Å². The molecule has 0 N–H and O–H groups in total. The van der Waals surface area contributed by atoms with Gasteiger partial charge in [0.05, 0.1) is 18.8 Å². The monoisotopic (exact) mass is 378 g/mol. The summed E-state index contributed by atoms with van der Waals surface area (Å²) in [5.41, 5.74) is 0.194. The molecule has 3 rings (SSSR count). The molecule has 6 nitrogen and oxygen atoms in total. The van der Waals surface area contributed by atoms with Gasteiger partial charge in [-0.3, -0.25) is 4.79 Å². The lowest BCUT2D eigenvalue weighted by Crippen LogP contribution is -2.50. The number of carbonyl (C=O) groups excluding carboxylic acids is 2. The van der Waals surface area contributed by atoms with Gasteiger partial charge in [0.2, 0.25) is 0 Å². The molecule has 0 spiro atoms. The predicted octanol–water partition coefficient (Wildman–Crippen LogP) is 2.61. The number of esters is 1. The zero-order chi connectivity index (χ0) is 19.6. The Morgan fingerprint density at radius 2 is 1.89 bits per heavy atom. The van der Waals surface area contributed by atoms with Gasteiger partial charge in [0.15, 0.2) is 6.10 Å². The summed E-state index contributed by atoms with van der Waals surface area (Å²) in [6, 6.07) is 4.60. The van der Waals surface area contributed by atoms with Gasteiger partial charge in [-0.05, 0) is 51.8 Å². The van der Waals surface area contributed by atoms with Crippen LogP contribution in [-0.4, -0.2) is 61.3 Å². The van der Waals surface area contributed by atoms with Crippen molar-refractivity contribution in [2.24, 2.45) is 0 Å². The van der Waals surface area contributed by atoms with Crippen molar-refractivity contribution in [2.45, 2.75) is 45.3 Å². The molecular formula is C20H27FN2O4. The molecule has 1 amide bonds. The molecule has 0 saturated carbocycles. The van der Waals surface area contributed by atoms with Crippen molar-refractivity contribution < 1.29 is 23.5 Å². The van der Waals surface area contributed by atoms with E-state index < -0.39 is 17.7 Å². The highest BCUT2D eigenvalue weighted by atomic mass is 19.1. The van der Waals surface area contributed by atoms with Crippen molar-refractivity contribution >= 4 is 17.6 Å². The Morgan fingerprint density at radius 3 is 2.52 bits per heavy atom. The summed E-state index contributed by atoms with van der Waals surface area (Å²) in [6.07, 6.45) is 1.29. The van der Waals surface area contributed by atoms with E-state index in [0.29, 0.717) is 12.2 Å². The number of hydrogen-bond donors (Lipinski definition) is 0. The van der Waals surface area contributed by atoms with E-state index in [0.717, 1.165) is 25.9 Å². The molecule has 0 bridgehead atoms. The largest absolute Gasteiger partial charge is 0.458 e. The maximum absolute atomic E-state index is 14.5. The maximum atomic E-state index is 14.5. The average Bonchev–Trinajstić information content (AvgIpc) is 3.14. The Hall–Kier alpha value is -2.15. The van der Waals surface area contributed by atoms with Gasteiger partial charge in [-0.2, -0.15) is 0 Å². The van der Waals surface area contributed by atoms with Crippen LogP contribution in [-0.2, 0) is 14.3 Å². The van der Waals surface area contributed by atoms with Crippen LogP contribution < -0.4 is 4.90 Å². The number of hydrogen-bond acceptors (Lipinski definition) is 5. The normalized spacial score (nSPS) is 20.7. The van der Waals surface area contributed by atoms with Crippen molar-refractivity contribution in [3.63, 3.8) is 0 Å². The van der Waals surface area contributed by atoms with Crippen LogP contribution in [0, 0.1) is 5.82 Å². The van der Waals surface area contributed by atoms with Gasteiger partial charge in [0.1, 0.15) is 11.4 Å². The Morgan fingerprint density at radius 1 is 1.19 bits per heavy atom. The van der Waals surface area contributed by atoms with Crippen LogP contribution in [0.2, 0.25) is 0 Å². The van der Waals surface area contributed by atoms with E-state index in [1.807, 2.05) is 4.90 Å². The van der Waals surface area contributed by atoms with Crippen LogP contribution >= 0.6 is 0 Å². The molecule has 2 aliphatic heterocycles. The fourth-order valence-corrected chi connectivity index (χ4v) is 3.38. The van der Waals surface area contributed by atoms with E-state index >= 15 is 0 Å². The lowest BCUT2D eigenvalue weighted by atomic mass is 10.1. The molecule has 0 aromatic heterocycles. The molecule has 2 fully saturated rings.